The molecule has 1 aliphatic rings. The van der Waals surface area contributed by atoms with Gasteiger partial charge < -0.3 is 9.64 Å². The predicted octanol–water partition coefficient (Wildman–Crippen LogP) is 3.47. The Kier molecular flexibility index (Phi) is 7.14. The summed E-state index contributed by atoms with van der Waals surface area (Å²) in [4.78, 5) is 18.3. The van der Waals surface area contributed by atoms with E-state index in [2.05, 4.69) is 16.7 Å². The highest BCUT2D eigenvalue weighted by Crippen LogP contribution is 2.20. The fraction of sp³-hybridized carbons (Fsp3) is 0.350. The summed E-state index contributed by atoms with van der Waals surface area (Å²) in [5.41, 5.74) is 2.63. The van der Waals surface area contributed by atoms with Gasteiger partial charge in [-0.2, -0.15) is 0 Å². The number of amides is 1. The van der Waals surface area contributed by atoms with Gasteiger partial charge in [0.25, 0.3) is 5.91 Å². The first kappa shape index (κ1) is 19.4. The molecule has 26 heavy (non-hydrogen) atoms. The molecule has 0 aromatic carbocycles. The molecule has 2 aromatic rings. The number of hydrogen-bond donors (Lipinski definition) is 0. The number of aromatic nitrogens is 3. The normalized spacial score (nSPS) is 13.3. The minimum Gasteiger partial charge on any atom is -0.472 e. The fourth-order valence-corrected chi connectivity index (χ4v) is 2.58. The third kappa shape index (κ3) is 4.59. The van der Waals surface area contributed by atoms with Gasteiger partial charge in [-0.05, 0) is 24.6 Å². The summed E-state index contributed by atoms with van der Waals surface area (Å²) >= 11 is 0. The molecule has 2 aromatic heterocycles. The zero-order chi connectivity index (χ0) is 18.9. The molecule has 0 N–H and O–H groups in total. The minimum atomic E-state index is 0.00942. The quantitative estimate of drug-likeness (QED) is 0.772. The molecule has 0 bridgehead atoms. The maximum atomic E-state index is 12.5. The van der Waals surface area contributed by atoms with Gasteiger partial charge in [-0.3, -0.25) is 14.5 Å². The summed E-state index contributed by atoms with van der Waals surface area (Å²) in [6.45, 7) is 11.9. The molecule has 0 saturated heterocycles. The number of hydrogen-bond acceptors (Lipinski definition) is 4. The van der Waals surface area contributed by atoms with Gasteiger partial charge >= 0.3 is 0 Å². The van der Waals surface area contributed by atoms with E-state index in [4.69, 9.17) is 4.74 Å². The van der Waals surface area contributed by atoms with Crippen molar-refractivity contribution in [3.8, 4) is 5.88 Å². The van der Waals surface area contributed by atoms with Gasteiger partial charge in [-0.25, -0.2) is 0 Å². The Morgan fingerprint density at radius 3 is 2.69 bits per heavy atom. The molecule has 0 aliphatic carbocycles. The summed E-state index contributed by atoms with van der Waals surface area (Å²) in [7, 11) is 0. The highest BCUT2D eigenvalue weighted by molar-refractivity contribution is 5.94. The lowest BCUT2D eigenvalue weighted by Gasteiger charge is -2.27. The summed E-state index contributed by atoms with van der Waals surface area (Å²) in [5, 5.41) is 4.44. The number of carbonyl (C=O) groups is 1. The van der Waals surface area contributed by atoms with Crippen molar-refractivity contribution in [2.75, 3.05) is 13.2 Å². The molecule has 0 atom stereocenters. The second-order valence-corrected chi connectivity index (χ2v) is 5.52. The monoisotopic (exact) mass is 354 g/mol. The van der Waals surface area contributed by atoms with Crippen LogP contribution in [0.4, 0.5) is 0 Å². The van der Waals surface area contributed by atoms with Crippen LogP contribution in [0.2, 0.25) is 0 Å². The lowest BCUT2D eigenvalue weighted by atomic mass is 10.2. The van der Waals surface area contributed by atoms with Crippen LogP contribution in [0, 0.1) is 0 Å². The Hall–Kier alpha value is -2.89. The molecule has 0 saturated carbocycles. The number of nitrogens with zero attached hydrogens (tertiary/aromatic N) is 4. The van der Waals surface area contributed by atoms with Crippen molar-refractivity contribution in [1.82, 2.24) is 19.7 Å². The summed E-state index contributed by atoms with van der Waals surface area (Å²) in [6, 6.07) is 5.36. The van der Waals surface area contributed by atoms with Gasteiger partial charge in [0.15, 0.2) is 0 Å². The number of allylic oxidation sites excluding steroid dienone is 1. The first-order chi connectivity index (χ1) is 12.7. The van der Waals surface area contributed by atoms with Crippen LogP contribution in [0.15, 0.2) is 54.9 Å². The second kappa shape index (κ2) is 9.56. The lowest BCUT2D eigenvalue weighted by molar-refractivity contribution is 0.0706. The number of pyridine rings is 1. The van der Waals surface area contributed by atoms with E-state index in [-0.39, 0.29) is 5.91 Å². The van der Waals surface area contributed by atoms with Crippen LogP contribution in [0.5, 0.6) is 5.88 Å². The fourth-order valence-electron chi connectivity index (χ4n) is 2.58. The van der Waals surface area contributed by atoms with Crippen LogP contribution in [0.3, 0.4) is 0 Å². The average Bonchev–Trinajstić information content (AvgIpc) is 3.12. The third-order valence-electron chi connectivity index (χ3n) is 4.01. The summed E-state index contributed by atoms with van der Waals surface area (Å²) in [6.07, 6.45) is 6.99. The van der Waals surface area contributed by atoms with Crippen LogP contribution in [-0.4, -0.2) is 38.7 Å². The Balaban J connectivity index is 0.00000117. The molecule has 138 valence electrons. The van der Waals surface area contributed by atoms with Crippen LogP contribution in [0.1, 0.15) is 36.8 Å². The topological polar surface area (TPSA) is 60.2 Å². The van der Waals surface area contributed by atoms with E-state index in [9.17, 15) is 4.79 Å². The molecule has 0 unspecified atom stereocenters. The van der Waals surface area contributed by atoms with Gasteiger partial charge in [0.1, 0.15) is 6.61 Å². The Labute approximate surface area is 154 Å². The first-order valence-corrected chi connectivity index (χ1v) is 8.87. The van der Waals surface area contributed by atoms with Crippen molar-refractivity contribution in [2.24, 2.45) is 0 Å². The van der Waals surface area contributed by atoms with E-state index >= 15 is 0 Å². The molecule has 1 aliphatic heterocycles. The highest BCUT2D eigenvalue weighted by Gasteiger charge is 2.23. The van der Waals surface area contributed by atoms with Crippen molar-refractivity contribution in [3.05, 3.63) is 66.2 Å². The number of rotatable bonds is 5. The third-order valence-corrected chi connectivity index (χ3v) is 4.01. The van der Waals surface area contributed by atoms with Crippen molar-refractivity contribution in [1.29, 1.82) is 0 Å². The molecule has 0 spiro atoms. The largest absolute Gasteiger partial charge is 0.472 e. The van der Waals surface area contributed by atoms with Crippen molar-refractivity contribution >= 4 is 5.91 Å². The molecule has 0 fully saturated rings. The van der Waals surface area contributed by atoms with Crippen LogP contribution >= 0.6 is 0 Å². The predicted molar refractivity (Wildman–Crippen MR) is 102 cm³/mol. The zero-order valence-corrected chi connectivity index (χ0v) is 15.7. The first-order valence-electron chi connectivity index (χ1n) is 8.87. The van der Waals surface area contributed by atoms with Gasteiger partial charge in [0.05, 0.1) is 18.8 Å². The molecule has 6 heteroatoms. The minimum absolute atomic E-state index is 0.00942. The van der Waals surface area contributed by atoms with E-state index in [0.29, 0.717) is 37.7 Å². The van der Waals surface area contributed by atoms with Gasteiger partial charge in [-0.15, -0.1) is 5.10 Å². The molecule has 3 rings (SSSR count). The van der Waals surface area contributed by atoms with E-state index < -0.39 is 0 Å². The van der Waals surface area contributed by atoms with Crippen molar-refractivity contribution < 1.29 is 9.53 Å². The van der Waals surface area contributed by atoms with Gasteiger partial charge in [0, 0.05) is 30.6 Å². The van der Waals surface area contributed by atoms with Crippen LogP contribution in [-0.2, 0) is 13.1 Å². The molecular weight excluding hydrogens is 328 g/mol. The molecule has 3 heterocycles. The van der Waals surface area contributed by atoms with Gasteiger partial charge in [0.2, 0.25) is 5.88 Å². The highest BCUT2D eigenvalue weighted by atomic mass is 16.5. The maximum Gasteiger partial charge on any atom is 0.254 e. The summed E-state index contributed by atoms with van der Waals surface area (Å²) < 4.78 is 7.60. The SMILES string of the molecule is C=C/C(=C\C)COc1cc2n(n1)CCN(C(=O)c1ccncc1)C2.CC. The Morgan fingerprint density at radius 2 is 2.04 bits per heavy atom. The van der Waals surface area contributed by atoms with E-state index in [1.54, 1.807) is 30.6 Å². The van der Waals surface area contributed by atoms with E-state index in [1.165, 1.54) is 0 Å². The van der Waals surface area contributed by atoms with Crippen molar-refractivity contribution in [2.45, 2.75) is 33.9 Å². The number of fused-ring (bicyclic) bond motifs is 1. The standard InChI is InChI=1S/C18H20N4O2.C2H6/c1-3-14(4-2)13-24-17-11-16-12-21(9-10-22(16)20-17)18(23)15-5-7-19-8-6-15;1-2/h3-8,11H,1,9-10,12-13H2,2H3;1-2H3/b14-4+;. The van der Waals surface area contributed by atoms with E-state index in [0.717, 1.165) is 11.3 Å². The Morgan fingerprint density at radius 1 is 1.31 bits per heavy atom. The molecule has 1 amide bonds. The van der Waals surface area contributed by atoms with Crippen LogP contribution in [0.25, 0.3) is 0 Å². The maximum absolute atomic E-state index is 12.5. The summed E-state index contributed by atoms with van der Waals surface area (Å²) in [5.74, 6) is 0.583. The average molecular weight is 354 g/mol. The Bertz CT molecular complexity index is 765. The zero-order valence-electron chi connectivity index (χ0n) is 15.7. The molecule has 0 radical (unpaired) electrons. The lowest BCUT2D eigenvalue weighted by Crippen LogP contribution is -2.38. The van der Waals surface area contributed by atoms with E-state index in [1.807, 2.05) is 42.5 Å². The smallest absolute Gasteiger partial charge is 0.254 e. The molecule has 6 nitrogen and oxygen atoms in total. The van der Waals surface area contributed by atoms with Crippen LogP contribution < -0.4 is 4.74 Å². The molecular formula is C20H26N4O2. The number of ether oxygens (including phenoxy) is 1. The number of carbonyl (C=O) groups excluding carboxylic acids is 1. The second-order valence-electron chi connectivity index (χ2n) is 5.52. The van der Waals surface area contributed by atoms with Gasteiger partial charge in [-0.1, -0.05) is 32.6 Å². The van der Waals surface area contributed by atoms with Crippen molar-refractivity contribution in [3.63, 3.8) is 0 Å².